The molecule has 6 nitrogen and oxygen atoms in total. The largest absolute Gasteiger partial charge is 0.416 e. The van der Waals surface area contributed by atoms with Crippen molar-refractivity contribution < 1.29 is 31.1 Å². The molecule has 1 fully saturated rings. The Bertz CT molecular complexity index is 1490. The summed E-state index contributed by atoms with van der Waals surface area (Å²) >= 11 is 1.31. The number of fused-ring (bicyclic) bond motifs is 1. The van der Waals surface area contributed by atoms with Crippen LogP contribution in [0.2, 0.25) is 0 Å². The summed E-state index contributed by atoms with van der Waals surface area (Å²) in [7, 11) is 0. The lowest BCUT2D eigenvalue weighted by Crippen LogP contribution is -2.47. The van der Waals surface area contributed by atoms with Gasteiger partial charge in [-0.2, -0.15) is 36.4 Å². The third kappa shape index (κ3) is 6.04. The molecule has 1 atom stereocenters. The van der Waals surface area contributed by atoms with Gasteiger partial charge in [0.15, 0.2) is 5.17 Å². The molecule has 13 heteroatoms. The number of halogens is 6. The standard InChI is InChI=1S/C27H25F6N5OS/c1-2-34-20-4-3-9-37(15-20)25-36-24(39)23(40-25)11-16-5-8-22-18(10-16)13-35-38(22)14-17-6-7-19(26(28,29)30)12-21(17)27(31,32)33/h5-8,10-13,20,34H,2-4,9,14-15H2,1H3/b23-11-/t20-/m0/s1. The number of thioether (sulfide) groups is 1. The number of benzene rings is 2. The summed E-state index contributed by atoms with van der Waals surface area (Å²) in [5.41, 5.74) is -1.86. The molecule has 5 rings (SSSR count). The number of aromatic nitrogens is 2. The van der Waals surface area contributed by atoms with Crippen LogP contribution < -0.4 is 5.32 Å². The van der Waals surface area contributed by atoms with E-state index in [1.807, 2.05) is 0 Å². The second-order valence-corrected chi connectivity index (χ2v) is 10.7. The second-order valence-electron chi connectivity index (χ2n) is 9.64. The van der Waals surface area contributed by atoms with Gasteiger partial charge >= 0.3 is 12.4 Å². The molecule has 1 aromatic heterocycles. The van der Waals surface area contributed by atoms with Crippen molar-refractivity contribution in [3.05, 3.63) is 69.8 Å². The van der Waals surface area contributed by atoms with Gasteiger partial charge in [0.2, 0.25) is 0 Å². The molecule has 0 bridgehead atoms. The Morgan fingerprint density at radius 1 is 1.10 bits per heavy atom. The molecule has 0 aliphatic carbocycles. The van der Waals surface area contributed by atoms with Gasteiger partial charge in [-0.05, 0) is 72.6 Å². The lowest BCUT2D eigenvalue weighted by Gasteiger charge is -2.33. The van der Waals surface area contributed by atoms with E-state index in [2.05, 4.69) is 27.2 Å². The van der Waals surface area contributed by atoms with Crippen LogP contribution in [0.5, 0.6) is 0 Å². The van der Waals surface area contributed by atoms with E-state index in [1.165, 1.54) is 22.6 Å². The predicted octanol–water partition coefficient (Wildman–Crippen LogP) is 6.17. The lowest BCUT2D eigenvalue weighted by atomic mass is 10.0. The fraction of sp³-hybridized carbons (Fsp3) is 0.370. The van der Waals surface area contributed by atoms with Crippen molar-refractivity contribution in [2.75, 3.05) is 19.6 Å². The summed E-state index contributed by atoms with van der Waals surface area (Å²) < 4.78 is 81.1. The highest BCUT2D eigenvalue weighted by Crippen LogP contribution is 2.38. The molecule has 1 saturated heterocycles. The van der Waals surface area contributed by atoms with E-state index >= 15 is 0 Å². The number of hydrogen-bond donors (Lipinski definition) is 1. The number of carbonyl (C=O) groups is 1. The third-order valence-electron chi connectivity index (χ3n) is 6.82. The van der Waals surface area contributed by atoms with Gasteiger partial charge in [-0.1, -0.05) is 19.1 Å². The summed E-state index contributed by atoms with van der Waals surface area (Å²) in [5, 5.41) is 8.88. The minimum atomic E-state index is -4.97. The Kier molecular flexibility index (Phi) is 7.71. The van der Waals surface area contributed by atoms with Gasteiger partial charge < -0.3 is 10.2 Å². The monoisotopic (exact) mass is 581 g/mol. The van der Waals surface area contributed by atoms with Gasteiger partial charge in [0.25, 0.3) is 5.91 Å². The van der Waals surface area contributed by atoms with Gasteiger partial charge in [-0.25, -0.2) is 0 Å². The van der Waals surface area contributed by atoms with E-state index in [9.17, 15) is 31.1 Å². The van der Waals surface area contributed by atoms with Gasteiger partial charge in [-0.3, -0.25) is 9.48 Å². The van der Waals surface area contributed by atoms with Crippen molar-refractivity contribution in [1.82, 2.24) is 20.0 Å². The summed E-state index contributed by atoms with van der Waals surface area (Å²) in [5.74, 6) is -0.330. The maximum Gasteiger partial charge on any atom is 0.416 e. The predicted molar refractivity (Wildman–Crippen MR) is 142 cm³/mol. The van der Waals surface area contributed by atoms with E-state index in [0.29, 0.717) is 38.6 Å². The molecule has 3 aromatic rings. The first kappa shape index (κ1) is 28.2. The summed E-state index contributed by atoms with van der Waals surface area (Å²) in [6, 6.07) is 7.06. The fourth-order valence-corrected chi connectivity index (χ4v) is 5.88. The first-order valence-electron chi connectivity index (χ1n) is 12.7. The Hall–Kier alpha value is -3.32. The van der Waals surface area contributed by atoms with E-state index in [0.717, 1.165) is 38.5 Å². The van der Waals surface area contributed by atoms with Crippen LogP contribution in [0.25, 0.3) is 17.0 Å². The van der Waals surface area contributed by atoms with Crippen LogP contribution in [0.15, 0.2) is 52.5 Å². The van der Waals surface area contributed by atoms with Crippen LogP contribution in [0, 0.1) is 0 Å². The molecule has 0 unspecified atom stereocenters. The maximum absolute atomic E-state index is 13.6. The Balaban J connectivity index is 1.35. The molecule has 2 aromatic carbocycles. The van der Waals surface area contributed by atoms with Crippen LogP contribution in [-0.4, -0.2) is 51.4 Å². The number of hydrogen-bond acceptors (Lipinski definition) is 5. The lowest BCUT2D eigenvalue weighted by molar-refractivity contribution is -0.143. The smallest absolute Gasteiger partial charge is 0.349 e. The van der Waals surface area contributed by atoms with Crippen LogP contribution in [0.4, 0.5) is 26.3 Å². The zero-order valence-electron chi connectivity index (χ0n) is 21.3. The number of aliphatic imine (C=N–C) groups is 1. The first-order valence-corrected chi connectivity index (χ1v) is 13.5. The average molecular weight is 582 g/mol. The molecule has 40 heavy (non-hydrogen) atoms. The van der Waals surface area contributed by atoms with E-state index in [-0.39, 0.29) is 24.1 Å². The summed E-state index contributed by atoms with van der Waals surface area (Å²) in [6.07, 6.45) is -4.61. The number of nitrogens with zero attached hydrogens (tertiary/aromatic N) is 4. The minimum Gasteiger partial charge on any atom is -0.349 e. The molecule has 1 N–H and O–H groups in total. The fourth-order valence-electron chi connectivity index (χ4n) is 4.93. The highest BCUT2D eigenvalue weighted by molar-refractivity contribution is 8.18. The molecule has 0 saturated carbocycles. The number of amidine groups is 1. The van der Waals surface area contributed by atoms with Crippen molar-refractivity contribution >= 4 is 39.8 Å². The summed E-state index contributed by atoms with van der Waals surface area (Å²) in [6.45, 7) is 4.16. The van der Waals surface area contributed by atoms with E-state index in [4.69, 9.17) is 0 Å². The highest BCUT2D eigenvalue weighted by Gasteiger charge is 2.38. The third-order valence-corrected chi connectivity index (χ3v) is 7.86. The van der Waals surface area contributed by atoms with Crippen LogP contribution in [0.3, 0.4) is 0 Å². The van der Waals surface area contributed by atoms with Crippen LogP contribution >= 0.6 is 11.8 Å². The van der Waals surface area contributed by atoms with Crippen molar-refractivity contribution in [2.45, 2.75) is 44.7 Å². The molecule has 1 amide bonds. The number of carbonyl (C=O) groups excluding carboxylic acids is 1. The van der Waals surface area contributed by atoms with Crippen molar-refractivity contribution in [2.24, 2.45) is 4.99 Å². The van der Waals surface area contributed by atoms with Crippen molar-refractivity contribution in [3.63, 3.8) is 0 Å². The molecule has 212 valence electrons. The van der Waals surface area contributed by atoms with Crippen LogP contribution in [-0.2, 0) is 23.7 Å². The molecule has 0 spiro atoms. The normalized spacial score (nSPS) is 19.6. The molecular weight excluding hydrogens is 556 g/mol. The second kappa shape index (κ2) is 10.9. The van der Waals surface area contributed by atoms with Crippen molar-refractivity contribution in [3.8, 4) is 0 Å². The summed E-state index contributed by atoms with van der Waals surface area (Å²) in [4.78, 5) is 19.4. The minimum absolute atomic E-state index is 0.127. The van der Waals surface area contributed by atoms with Crippen molar-refractivity contribution in [1.29, 1.82) is 0 Å². The topological polar surface area (TPSA) is 62.5 Å². The Morgan fingerprint density at radius 3 is 2.62 bits per heavy atom. The number of piperidine rings is 1. The Morgan fingerprint density at radius 2 is 1.90 bits per heavy atom. The zero-order chi connectivity index (χ0) is 28.7. The quantitative estimate of drug-likeness (QED) is 0.289. The molecule has 0 radical (unpaired) electrons. The highest BCUT2D eigenvalue weighted by atomic mass is 32.2. The molecule has 2 aliphatic rings. The van der Waals surface area contributed by atoms with Gasteiger partial charge in [0.05, 0.1) is 34.3 Å². The zero-order valence-corrected chi connectivity index (χ0v) is 22.1. The number of alkyl halides is 6. The van der Waals surface area contributed by atoms with Gasteiger partial charge in [0, 0.05) is 24.5 Å². The average Bonchev–Trinajstić information content (AvgIpc) is 3.46. The van der Waals surface area contributed by atoms with E-state index < -0.39 is 23.5 Å². The number of nitrogens with one attached hydrogen (secondary N) is 1. The van der Waals surface area contributed by atoms with Gasteiger partial charge in [0.1, 0.15) is 0 Å². The number of amides is 1. The number of likely N-dealkylation sites (tertiary alicyclic amines) is 1. The molecule has 2 aliphatic heterocycles. The molecular formula is C27H25F6N5OS. The van der Waals surface area contributed by atoms with Crippen LogP contribution in [0.1, 0.15) is 42.0 Å². The number of likely N-dealkylation sites (N-methyl/N-ethyl adjacent to an activating group) is 1. The van der Waals surface area contributed by atoms with Gasteiger partial charge in [-0.15, -0.1) is 0 Å². The number of rotatable bonds is 5. The SMILES string of the molecule is CCN[C@H]1CCCN(C2=NC(=O)/C(=C/c3ccc4c(cnn4Cc4ccc(C(F)(F)F)cc4C(F)(F)F)c3)S2)C1. The van der Waals surface area contributed by atoms with E-state index in [1.54, 1.807) is 24.3 Å². The Labute approximate surface area is 230 Å². The first-order chi connectivity index (χ1) is 18.9. The maximum atomic E-state index is 13.6. The molecule has 3 heterocycles.